The van der Waals surface area contributed by atoms with E-state index in [1.165, 1.54) is 30.3 Å². The molecule has 4 rings (SSSR count). The van der Waals surface area contributed by atoms with Gasteiger partial charge in [-0.25, -0.2) is 4.79 Å². The SMILES string of the molecule is O=Cc1c2c(-c3ccccc3C(=O)O)c3cc(CN(CC(=O)O)CC(=O)O)c(O)cc3oc-2cc(=O)c1CN(CC(=O)O)CC(=O)O. The summed E-state index contributed by atoms with van der Waals surface area (Å²) in [5.74, 6) is -7.56. The Balaban J connectivity index is 2.12. The molecule has 1 aliphatic heterocycles. The maximum atomic E-state index is 13.3. The zero-order valence-corrected chi connectivity index (χ0v) is 24.2. The van der Waals surface area contributed by atoms with E-state index in [9.17, 15) is 64.2 Å². The Labute approximate surface area is 263 Å². The highest BCUT2D eigenvalue weighted by molar-refractivity contribution is 6.10. The molecule has 16 heteroatoms. The fourth-order valence-electron chi connectivity index (χ4n) is 5.33. The van der Waals surface area contributed by atoms with Crippen molar-refractivity contribution >= 4 is 47.1 Å². The molecule has 0 aromatic heterocycles. The highest BCUT2D eigenvalue weighted by Gasteiger charge is 2.29. The zero-order valence-electron chi connectivity index (χ0n) is 24.2. The monoisotopic (exact) mass is 650 g/mol. The lowest BCUT2D eigenvalue weighted by atomic mass is 9.86. The van der Waals surface area contributed by atoms with Gasteiger partial charge >= 0.3 is 29.8 Å². The first-order valence-electron chi connectivity index (χ1n) is 13.6. The van der Waals surface area contributed by atoms with Crippen molar-refractivity contribution in [2.24, 2.45) is 0 Å². The third-order valence-electron chi connectivity index (χ3n) is 7.08. The Bertz CT molecular complexity index is 1930. The molecule has 1 aliphatic carbocycles. The summed E-state index contributed by atoms with van der Waals surface area (Å²) in [4.78, 5) is 85.9. The average molecular weight is 651 g/mol. The van der Waals surface area contributed by atoms with E-state index in [1.807, 2.05) is 0 Å². The van der Waals surface area contributed by atoms with Crippen molar-refractivity contribution in [3.8, 4) is 28.2 Å². The van der Waals surface area contributed by atoms with Gasteiger partial charge in [0.1, 0.15) is 17.1 Å². The van der Waals surface area contributed by atoms with Crippen molar-refractivity contribution in [3.05, 3.63) is 74.9 Å². The number of aromatic carboxylic acids is 1. The van der Waals surface area contributed by atoms with Crippen LogP contribution in [0.4, 0.5) is 0 Å². The summed E-state index contributed by atoms with van der Waals surface area (Å²) in [5, 5.41) is 58.1. The summed E-state index contributed by atoms with van der Waals surface area (Å²) >= 11 is 0. The number of aldehydes is 1. The molecule has 0 saturated carbocycles. The fourth-order valence-corrected chi connectivity index (χ4v) is 5.33. The number of carbonyl (C=O) groups excluding carboxylic acids is 1. The van der Waals surface area contributed by atoms with Gasteiger partial charge in [-0.3, -0.25) is 38.6 Å². The second-order valence-electron chi connectivity index (χ2n) is 10.4. The van der Waals surface area contributed by atoms with Crippen LogP contribution in [-0.4, -0.2) is 103 Å². The predicted molar refractivity (Wildman–Crippen MR) is 160 cm³/mol. The van der Waals surface area contributed by atoms with E-state index in [4.69, 9.17) is 4.42 Å². The normalized spacial score (nSPS) is 11.3. The minimum Gasteiger partial charge on any atom is -0.507 e. The van der Waals surface area contributed by atoms with E-state index < -0.39 is 80.3 Å². The van der Waals surface area contributed by atoms with E-state index in [1.54, 1.807) is 0 Å². The lowest BCUT2D eigenvalue weighted by molar-refractivity contribution is -0.144. The van der Waals surface area contributed by atoms with Crippen LogP contribution in [0.3, 0.4) is 0 Å². The Kier molecular flexibility index (Phi) is 9.97. The number of hydrogen-bond donors (Lipinski definition) is 6. The maximum absolute atomic E-state index is 13.3. The van der Waals surface area contributed by atoms with Crippen molar-refractivity contribution in [1.29, 1.82) is 0 Å². The molecule has 6 N–H and O–H groups in total. The number of carboxylic acid groups (broad SMARTS) is 5. The average Bonchev–Trinajstić information content (AvgIpc) is 2.95. The Morgan fingerprint density at radius 3 is 1.83 bits per heavy atom. The van der Waals surface area contributed by atoms with Gasteiger partial charge in [0, 0.05) is 58.4 Å². The molecule has 0 saturated heterocycles. The van der Waals surface area contributed by atoms with Crippen molar-refractivity contribution in [1.82, 2.24) is 9.80 Å². The van der Waals surface area contributed by atoms with Crippen LogP contribution in [0.2, 0.25) is 0 Å². The van der Waals surface area contributed by atoms with E-state index in [0.717, 1.165) is 21.9 Å². The molecule has 0 amide bonds. The van der Waals surface area contributed by atoms with Gasteiger partial charge in [-0.1, -0.05) is 18.2 Å². The minimum absolute atomic E-state index is 0.00557. The smallest absolute Gasteiger partial charge is 0.336 e. The quantitative estimate of drug-likeness (QED) is 0.0790. The van der Waals surface area contributed by atoms with Gasteiger partial charge in [0.05, 0.1) is 31.7 Å². The van der Waals surface area contributed by atoms with Crippen LogP contribution >= 0.6 is 0 Å². The fraction of sp³-hybridized carbons (Fsp3) is 0.194. The van der Waals surface area contributed by atoms with Gasteiger partial charge < -0.3 is 35.1 Å². The molecule has 2 aromatic carbocycles. The third-order valence-corrected chi connectivity index (χ3v) is 7.08. The molecular formula is C31H26N2O14. The van der Waals surface area contributed by atoms with Gasteiger partial charge in [-0.2, -0.15) is 0 Å². The van der Waals surface area contributed by atoms with E-state index in [-0.39, 0.29) is 62.0 Å². The van der Waals surface area contributed by atoms with Crippen molar-refractivity contribution in [2.75, 3.05) is 26.2 Å². The molecule has 2 aliphatic rings. The number of hydrogen-bond acceptors (Lipinski definition) is 11. The Hall–Kier alpha value is -6.13. The van der Waals surface area contributed by atoms with Crippen LogP contribution in [0.15, 0.2) is 51.7 Å². The number of phenolic OH excluding ortho intramolecular Hbond substituents is 1. The van der Waals surface area contributed by atoms with Crippen LogP contribution in [-0.2, 0) is 32.3 Å². The summed E-state index contributed by atoms with van der Waals surface area (Å²) in [6.45, 7) is -4.03. The molecule has 16 nitrogen and oxygen atoms in total. The number of carboxylic acids is 5. The number of aliphatic carboxylic acids is 4. The summed E-state index contributed by atoms with van der Waals surface area (Å²) < 4.78 is 5.92. The minimum atomic E-state index is -1.41. The van der Waals surface area contributed by atoms with Gasteiger partial charge in [0.15, 0.2) is 11.7 Å². The summed E-state index contributed by atoms with van der Waals surface area (Å²) in [7, 11) is 0. The second-order valence-corrected chi connectivity index (χ2v) is 10.4. The van der Waals surface area contributed by atoms with Crippen molar-refractivity contribution in [3.63, 3.8) is 0 Å². The standard InChI is InChI=1S/C31H26N2O14/c34-14-20-19(9-33(12-27(41)42)13-28(43)44)22(36)7-24-30(20)29(16-3-1-2-4-17(16)31(45)46)18-5-15(21(35)6-23(18)47-24)8-32(10-25(37)38)11-26(39)40/h1-7,14,35H,8-13H2,(H,37,38)(H,39,40)(H,41,42)(H,43,44)(H,45,46). The first-order valence-corrected chi connectivity index (χ1v) is 13.6. The van der Waals surface area contributed by atoms with E-state index in [0.29, 0.717) is 0 Å². The topological polar surface area (TPSA) is 260 Å². The molecule has 0 unspecified atom stereocenters. The molecule has 0 atom stereocenters. The lowest BCUT2D eigenvalue weighted by Gasteiger charge is -2.23. The molecule has 1 heterocycles. The van der Waals surface area contributed by atoms with E-state index in [2.05, 4.69) is 0 Å². The van der Waals surface area contributed by atoms with Gasteiger partial charge in [-0.15, -0.1) is 0 Å². The predicted octanol–water partition coefficient (Wildman–Crippen LogP) is 1.72. The van der Waals surface area contributed by atoms with Crippen LogP contribution in [0.25, 0.3) is 33.4 Å². The van der Waals surface area contributed by atoms with Crippen LogP contribution in [0, 0.1) is 0 Å². The summed E-state index contributed by atoms with van der Waals surface area (Å²) in [6.07, 6.45) is 0.274. The zero-order chi connectivity index (χ0) is 34.6. The largest absolute Gasteiger partial charge is 0.507 e. The molecule has 0 spiro atoms. The molecule has 47 heavy (non-hydrogen) atoms. The molecular weight excluding hydrogens is 624 g/mol. The van der Waals surface area contributed by atoms with Crippen LogP contribution in [0.5, 0.6) is 5.75 Å². The Morgan fingerprint density at radius 2 is 1.30 bits per heavy atom. The second kappa shape index (κ2) is 13.9. The number of nitrogens with zero attached hydrogens (tertiary/aromatic N) is 2. The number of phenols is 1. The lowest BCUT2D eigenvalue weighted by Crippen LogP contribution is -2.36. The molecule has 244 valence electrons. The molecule has 0 fully saturated rings. The van der Waals surface area contributed by atoms with Gasteiger partial charge in [0.25, 0.3) is 0 Å². The third kappa shape index (κ3) is 7.58. The number of benzene rings is 3. The first-order chi connectivity index (χ1) is 22.2. The maximum Gasteiger partial charge on any atom is 0.336 e. The highest BCUT2D eigenvalue weighted by Crippen LogP contribution is 2.45. The van der Waals surface area contributed by atoms with Crippen LogP contribution < -0.4 is 5.43 Å². The van der Waals surface area contributed by atoms with Crippen molar-refractivity contribution < 1.29 is 63.8 Å². The highest BCUT2D eigenvalue weighted by atomic mass is 16.4. The Morgan fingerprint density at radius 1 is 0.745 bits per heavy atom. The number of rotatable bonds is 15. The first kappa shape index (κ1) is 33.8. The van der Waals surface area contributed by atoms with Crippen molar-refractivity contribution in [2.45, 2.75) is 13.1 Å². The number of aromatic hydroxyl groups is 1. The van der Waals surface area contributed by atoms with E-state index >= 15 is 0 Å². The van der Waals surface area contributed by atoms with Crippen LogP contribution in [0.1, 0.15) is 31.8 Å². The number of fused-ring (bicyclic) bond motifs is 2. The summed E-state index contributed by atoms with van der Waals surface area (Å²) in [5.41, 5.74) is -1.85. The molecule has 2 aromatic rings. The summed E-state index contributed by atoms with van der Waals surface area (Å²) in [6, 6.07) is 9.00. The molecule has 0 radical (unpaired) electrons. The van der Waals surface area contributed by atoms with Gasteiger partial charge in [0.2, 0.25) is 0 Å². The van der Waals surface area contributed by atoms with Gasteiger partial charge in [-0.05, 0) is 17.7 Å². The number of carbonyl (C=O) groups is 6. The molecule has 0 bridgehead atoms.